The molecule has 1 amide bonds. The van der Waals surface area contributed by atoms with Gasteiger partial charge in [-0.1, -0.05) is 6.92 Å². The number of likely N-dealkylation sites (N-methyl/N-ethyl adjacent to an activating group) is 1. The molecule has 0 radical (unpaired) electrons. The molecule has 18 heavy (non-hydrogen) atoms. The van der Waals surface area contributed by atoms with Crippen LogP contribution in [0, 0.1) is 11.8 Å². The van der Waals surface area contributed by atoms with Crippen molar-refractivity contribution in [3.8, 4) is 0 Å². The summed E-state index contributed by atoms with van der Waals surface area (Å²) in [6.07, 6.45) is 2.95. The van der Waals surface area contributed by atoms with Crippen molar-refractivity contribution in [3.05, 3.63) is 0 Å². The van der Waals surface area contributed by atoms with Gasteiger partial charge in [-0.25, -0.2) is 0 Å². The van der Waals surface area contributed by atoms with Crippen LogP contribution in [0.25, 0.3) is 0 Å². The standard InChI is InChI=1S/C14H27N3O/c1-10-8-12(4-5-13(10)15)14(18)17-7-6-16(3)9-11(17)2/h10-13H,4-9,15H2,1-3H3. The second-order valence-corrected chi connectivity index (χ2v) is 6.29. The summed E-state index contributed by atoms with van der Waals surface area (Å²) in [6, 6.07) is 0.640. The summed E-state index contributed by atoms with van der Waals surface area (Å²) in [5.74, 6) is 1.07. The van der Waals surface area contributed by atoms with Gasteiger partial charge in [0, 0.05) is 37.6 Å². The second-order valence-electron chi connectivity index (χ2n) is 6.29. The lowest BCUT2D eigenvalue weighted by atomic mass is 9.78. The van der Waals surface area contributed by atoms with E-state index in [0.717, 1.165) is 38.9 Å². The van der Waals surface area contributed by atoms with E-state index in [1.807, 2.05) is 0 Å². The predicted molar refractivity (Wildman–Crippen MR) is 73.2 cm³/mol. The number of hydrogen-bond acceptors (Lipinski definition) is 3. The smallest absolute Gasteiger partial charge is 0.226 e. The molecule has 2 N–H and O–H groups in total. The van der Waals surface area contributed by atoms with E-state index in [0.29, 0.717) is 23.9 Å². The van der Waals surface area contributed by atoms with Gasteiger partial charge in [0.25, 0.3) is 0 Å². The molecule has 0 bridgehead atoms. The molecule has 0 aromatic heterocycles. The van der Waals surface area contributed by atoms with Crippen molar-refractivity contribution in [1.82, 2.24) is 9.80 Å². The van der Waals surface area contributed by atoms with E-state index in [9.17, 15) is 4.79 Å². The van der Waals surface area contributed by atoms with E-state index in [-0.39, 0.29) is 5.92 Å². The zero-order valence-electron chi connectivity index (χ0n) is 11.9. The van der Waals surface area contributed by atoms with Gasteiger partial charge in [-0.3, -0.25) is 4.79 Å². The molecule has 104 valence electrons. The van der Waals surface area contributed by atoms with Crippen LogP contribution in [0.3, 0.4) is 0 Å². The van der Waals surface area contributed by atoms with Gasteiger partial charge in [-0.05, 0) is 39.2 Å². The lowest BCUT2D eigenvalue weighted by Gasteiger charge is -2.41. The van der Waals surface area contributed by atoms with Crippen molar-refractivity contribution >= 4 is 5.91 Å². The Bertz CT molecular complexity index is 307. The van der Waals surface area contributed by atoms with E-state index in [1.165, 1.54) is 0 Å². The van der Waals surface area contributed by atoms with Crippen LogP contribution in [0.4, 0.5) is 0 Å². The molecule has 1 saturated heterocycles. The predicted octanol–water partition coefficient (Wildman–Crippen LogP) is 0.912. The summed E-state index contributed by atoms with van der Waals surface area (Å²) in [5, 5.41) is 0. The highest BCUT2D eigenvalue weighted by atomic mass is 16.2. The summed E-state index contributed by atoms with van der Waals surface area (Å²) in [4.78, 5) is 17.0. The maximum absolute atomic E-state index is 12.6. The lowest BCUT2D eigenvalue weighted by molar-refractivity contribution is -0.141. The fraction of sp³-hybridized carbons (Fsp3) is 0.929. The fourth-order valence-corrected chi connectivity index (χ4v) is 3.35. The number of hydrogen-bond donors (Lipinski definition) is 1. The summed E-state index contributed by atoms with van der Waals surface area (Å²) < 4.78 is 0. The third-order valence-corrected chi connectivity index (χ3v) is 4.70. The van der Waals surface area contributed by atoms with Gasteiger partial charge in [0.05, 0.1) is 0 Å². The minimum atomic E-state index is 0.214. The molecule has 1 aliphatic heterocycles. The molecule has 4 heteroatoms. The van der Waals surface area contributed by atoms with Crippen LogP contribution in [0.2, 0.25) is 0 Å². The number of carbonyl (C=O) groups excluding carboxylic acids is 1. The summed E-state index contributed by atoms with van der Waals surface area (Å²) >= 11 is 0. The minimum Gasteiger partial charge on any atom is -0.337 e. The molecular weight excluding hydrogens is 226 g/mol. The van der Waals surface area contributed by atoms with Crippen molar-refractivity contribution in [2.75, 3.05) is 26.7 Å². The Morgan fingerprint density at radius 1 is 1.22 bits per heavy atom. The van der Waals surface area contributed by atoms with Gasteiger partial charge >= 0.3 is 0 Å². The summed E-state index contributed by atoms with van der Waals surface area (Å²) in [5.41, 5.74) is 6.03. The second kappa shape index (κ2) is 5.57. The van der Waals surface area contributed by atoms with E-state index in [2.05, 4.69) is 30.7 Å². The van der Waals surface area contributed by atoms with E-state index >= 15 is 0 Å². The Labute approximate surface area is 110 Å². The highest BCUT2D eigenvalue weighted by Crippen LogP contribution is 2.30. The Balaban J connectivity index is 1.95. The van der Waals surface area contributed by atoms with Crippen molar-refractivity contribution in [3.63, 3.8) is 0 Å². The summed E-state index contributed by atoms with van der Waals surface area (Å²) in [7, 11) is 2.13. The number of amides is 1. The van der Waals surface area contributed by atoms with E-state index in [4.69, 9.17) is 5.73 Å². The average Bonchev–Trinajstić information content (AvgIpc) is 2.32. The Hall–Kier alpha value is -0.610. The topological polar surface area (TPSA) is 49.6 Å². The molecule has 2 fully saturated rings. The average molecular weight is 253 g/mol. The maximum atomic E-state index is 12.6. The molecule has 2 aliphatic rings. The normalized spacial score (nSPS) is 38.8. The third-order valence-electron chi connectivity index (χ3n) is 4.70. The number of piperazine rings is 1. The molecule has 4 unspecified atom stereocenters. The van der Waals surface area contributed by atoms with Gasteiger partial charge in [0.15, 0.2) is 0 Å². The first kappa shape index (κ1) is 13.8. The van der Waals surface area contributed by atoms with Gasteiger partial charge in [0.2, 0.25) is 5.91 Å². The van der Waals surface area contributed by atoms with Crippen molar-refractivity contribution in [2.45, 2.75) is 45.2 Å². The molecule has 1 aliphatic carbocycles. The van der Waals surface area contributed by atoms with Crippen LogP contribution in [0.5, 0.6) is 0 Å². The van der Waals surface area contributed by atoms with Crippen LogP contribution < -0.4 is 5.73 Å². The Morgan fingerprint density at radius 3 is 2.56 bits per heavy atom. The van der Waals surface area contributed by atoms with Crippen molar-refractivity contribution < 1.29 is 4.79 Å². The van der Waals surface area contributed by atoms with E-state index < -0.39 is 0 Å². The minimum absolute atomic E-state index is 0.214. The maximum Gasteiger partial charge on any atom is 0.226 e. The monoisotopic (exact) mass is 253 g/mol. The molecule has 1 heterocycles. The zero-order chi connectivity index (χ0) is 13.3. The number of nitrogens with two attached hydrogens (primary N) is 1. The Morgan fingerprint density at radius 2 is 1.94 bits per heavy atom. The number of nitrogens with zero attached hydrogens (tertiary/aromatic N) is 2. The SMILES string of the molecule is CC1CC(C(=O)N2CCN(C)CC2C)CCC1N. The zero-order valence-corrected chi connectivity index (χ0v) is 11.9. The van der Waals surface area contributed by atoms with Gasteiger partial charge < -0.3 is 15.5 Å². The molecule has 0 aromatic carbocycles. The highest BCUT2D eigenvalue weighted by molar-refractivity contribution is 5.79. The van der Waals surface area contributed by atoms with Gasteiger partial charge in [-0.15, -0.1) is 0 Å². The first-order valence-corrected chi connectivity index (χ1v) is 7.23. The molecule has 4 nitrogen and oxygen atoms in total. The van der Waals surface area contributed by atoms with Gasteiger partial charge in [-0.2, -0.15) is 0 Å². The molecule has 1 saturated carbocycles. The summed E-state index contributed by atoms with van der Waals surface area (Å²) in [6.45, 7) is 7.21. The van der Waals surface area contributed by atoms with E-state index in [1.54, 1.807) is 0 Å². The molecule has 0 aromatic rings. The van der Waals surface area contributed by atoms with Crippen molar-refractivity contribution in [2.24, 2.45) is 17.6 Å². The first-order chi connectivity index (χ1) is 8.49. The third kappa shape index (κ3) is 2.86. The van der Waals surface area contributed by atoms with Crippen LogP contribution >= 0.6 is 0 Å². The molecule has 2 rings (SSSR count). The fourth-order valence-electron chi connectivity index (χ4n) is 3.35. The quantitative estimate of drug-likeness (QED) is 0.756. The van der Waals surface area contributed by atoms with Crippen LogP contribution in [-0.2, 0) is 4.79 Å². The lowest BCUT2D eigenvalue weighted by Crippen LogP contribution is -2.55. The van der Waals surface area contributed by atoms with Crippen LogP contribution in [0.1, 0.15) is 33.1 Å². The van der Waals surface area contributed by atoms with Crippen LogP contribution in [-0.4, -0.2) is 54.5 Å². The first-order valence-electron chi connectivity index (χ1n) is 7.23. The largest absolute Gasteiger partial charge is 0.337 e. The molecule has 0 spiro atoms. The number of rotatable bonds is 1. The van der Waals surface area contributed by atoms with Crippen molar-refractivity contribution in [1.29, 1.82) is 0 Å². The van der Waals surface area contributed by atoms with Crippen LogP contribution in [0.15, 0.2) is 0 Å². The molecular formula is C14H27N3O. The Kier molecular flexibility index (Phi) is 4.28. The molecule has 4 atom stereocenters. The number of carbonyl (C=O) groups is 1. The van der Waals surface area contributed by atoms with Gasteiger partial charge in [0.1, 0.15) is 0 Å². The highest BCUT2D eigenvalue weighted by Gasteiger charge is 2.34.